The molecule has 164 valence electrons. The quantitative estimate of drug-likeness (QED) is 0.724. The van der Waals surface area contributed by atoms with Crippen LogP contribution in [0.3, 0.4) is 0 Å². The first-order chi connectivity index (χ1) is 14.2. The SMILES string of the molecule is Cc1ccc(CCC2CCN(C(=O)[C@H](C)NS(=O)(=O)c3c(C)noc3C)CC2)cc1. The van der Waals surface area contributed by atoms with Crippen LogP contribution >= 0.6 is 0 Å². The Morgan fingerprint density at radius 1 is 1.20 bits per heavy atom. The summed E-state index contributed by atoms with van der Waals surface area (Å²) in [5.74, 6) is 0.612. The molecule has 1 amide bonds. The average Bonchev–Trinajstić information content (AvgIpc) is 3.06. The average molecular weight is 434 g/mol. The third kappa shape index (κ3) is 5.29. The summed E-state index contributed by atoms with van der Waals surface area (Å²) in [5.41, 5.74) is 2.90. The van der Waals surface area contributed by atoms with E-state index in [9.17, 15) is 13.2 Å². The van der Waals surface area contributed by atoms with Crippen molar-refractivity contribution in [1.82, 2.24) is 14.8 Å². The molecule has 1 atom stereocenters. The fourth-order valence-electron chi connectivity index (χ4n) is 4.04. The molecule has 1 saturated heterocycles. The number of rotatable bonds is 7. The van der Waals surface area contributed by atoms with Gasteiger partial charge in [-0.05, 0) is 64.9 Å². The normalized spacial score (nSPS) is 16.6. The molecule has 30 heavy (non-hydrogen) atoms. The highest BCUT2D eigenvalue weighted by Gasteiger charge is 2.31. The van der Waals surface area contributed by atoms with Crippen molar-refractivity contribution >= 4 is 15.9 Å². The fraction of sp³-hybridized carbons (Fsp3) is 0.545. The molecule has 0 bridgehead atoms. The van der Waals surface area contributed by atoms with Crippen LogP contribution in [0.5, 0.6) is 0 Å². The van der Waals surface area contributed by atoms with Gasteiger partial charge >= 0.3 is 0 Å². The number of carbonyl (C=O) groups is 1. The van der Waals surface area contributed by atoms with Crippen molar-refractivity contribution in [3.05, 3.63) is 46.8 Å². The summed E-state index contributed by atoms with van der Waals surface area (Å²) in [6.07, 6.45) is 4.05. The van der Waals surface area contributed by atoms with E-state index < -0.39 is 16.1 Å². The maximum absolute atomic E-state index is 12.8. The van der Waals surface area contributed by atoms with Crippen molar-refractivity contribution in [2.24, 2.45) is 5.92 Å². The minimum atomic E-state index is -3.87. The minimum Gasteiger partial charge on any atom is -0.360 e. The van der Waals surface area contributed by atoms with Crippen LogP contribution < -0.4 is 4.72 Å². The molecule has 2 aromatic rings. The largest absolute Gasteiger partial charge is 0.360 e. The van der Waals surface area contributed by atoms with Crippen molar-refractivity contribution in [1.29, 1.82) is 0 Å². The number of carbonyl (C=O) groups excluding carboxylic acids is 1. The number of hydrogen-bond donors (Lipinski definition) is 1. The number of nitrogens with zero attached hydrogens (tertiary/aromatic N) is 2. The van der Waals surface area contributed by atoms with E-state index in [0.717, 1.165) is 25.7 Å². The number of piperidine rings is 1. The zero-order chi connectivity index (χ0) is 21.9. The third-order valence-corrected chi connectivity index (χ3v) is 7.61. The molecular formula is C22H31N3O4S. The second-order valence-electron chi connectivity index (χ2n) is 8.29. The summed E-state index contributed by atoms with van der Waals surface area (Å²) in [7, 11) is -3.87. The maximum Gasteiger partial charge on any atom is 0.246 e. The molecule has 0 spiro atoms. The first-order valence-electron chi connectivity index (χ1n) is 10.5. The van der Waals surface area contributed by atoms with E-state index in [1.807, 2.05) is 0 Å². The Morgan fingerprint density at radius 3 is 2.40 bits per heavy atom. The van der Waals surface area contributed by atoms with Crippen LogP contribution in [0.2, 0.25) is 0 Å². The van der Waals surface area contributed by atoms with Gasteiger partial charge in [0.15, 0.2) is 5.76 Å². The van der Waals surface area contributed by atoms with Crippen molar-refractivity contribution in [3.63, 3.8) is 0 Å². The van der Waals surface area contributed by atoms with Crippen LogP contribution in [-0.4, -0.2) is 43.5 Å². The molecule has 0 unspecified atom stereocenters. The standard InChI is InChI=1S/C22H31N3O4S/c1-15-5-7-19(8-6-15)9-10-20-11-13-25(14-12-20)22(26)17(3)24-30(27,28)21-16(2)23-29-18(21)4/h5-8,17,20,24H,9-14H2,1-4H3/t17-/m0/s1. The minimum absolute atomic E-state index is 0.0111. The molecule has 7 nitrogen and oxygen atoms in total. The van der Waals surface area contributed by atoms with Gasteiger partial charge in [-0.3, -0.25) is 4.79 Å². The van der Waals surface area contributed by atoms with Gasteiger partial charge in [0.1, 0.15) is 10.6 Å². The third-order valence-electron chi connectivity index (χ3n) is 5.83. The van der Waals surface area contributed by atoms with E-state index >= 15 is 0 Å². The Balaban J connectivity index is 1.50. The summed E-state index contributed by atoms with van der Waals surface area (Å²) < 4.78 is 32.7. The molecule has 0 aliphatic carbocycles. The first-order valence-corrected chi connectivity index (χ1v) is 11.9. The Kier molecular flexibility index (Phi) is 6.98. The van der Waals surface area contributed by atoms with Gasteiger partial charge in [-0.1, -0.05) is 35.0 Å². The van der Waals surface area contributed by atoms with E-state index in [-0.39, 0.29) is 22.3 Å². The molecule has 8 heteroatoms. The van der Waals surface area contributed by atoms with Crippen molar-refractivity contribution in [2.75, 3.05) is 13.1 Å². The summed E-state index contributed by atoms with van der Waals surface area (Å²) in [5, 5.41) is 3.69. The highest BCUT2D eigenvalue weighted by molar-refractivity contribution is 7.89. The van der Waals surface area contributed by atoms with Crippen molar-refractivity contribution in [2.45, 2.75) is 64.3 Å². The zero-order valence-electron chi connectivity index (χ0n) is 18.1. The second-order valence-corrected chi connectivity index (χ2v) is 9.94. The molecule has 1 N–H and O–H groups in total. The predicted octanol–water partition coefficient (Wildman–Crippen LogP) is 3.14. The van der Waals surface area contributed by atoms with E-state index in [1.165, 1.54) is 11.1 Å². The highest BCUT2D eigenvalue weighted by Crippen LogP contribution is 2.24. The van der Waals surface area contributed by atoms with Gasteiger partial charge in [0, 0.05) is 13.1 Å². The number of benzene rings is 1. The van der Waals surface area contributed by atoms with Gasteiger partial charge < -0.3 is 9.42 Å². The van der Waals surface area contributed by atoms with Crippen LogP contribution in [0.1, 0.15) is 48.8 Å². The van der Waals surface area contributed by atoms with Crippen molar-refractivity contribution in [3.8, 4) is 0 Å². The molecule has 1 aliphatic heterocycles. The Hall–Kier alpha value is -2.19. The topological polar surface area (TPSA) is 92.5 Å². The lowest BCUT2D eigenvalue weighted by atomic mass is 9.90. The number of nitrogens with one attached hydrogen (secondary N) is 1. The molecule has 1 aromatic heterocycles. The molecule has 2 heterocycles. The van der Waals surface area contributed by atoms with E-state index in [1.54, 1.807) is 25.7 Å². The molecule has 3 rings (SSSR count). The maximum atomic E-state index is 12.8. The smallest absolute Gasteiger partial charge is 0.246 e. The van der Waals surface area contributed by atoms with E-state index in [4.69, 9.17) is 4.52 Å². The monoisotopic (exact) mass is 433 g/mol. The molecule has 1 aliphatic rings. The van der Waals surface area contributed by atoms with Gasteiger partial charge in [-0.15, -0.1) is 0 Å². The summed E-state index contributed by atoms with van der Waals surface area (Å²) in [6, 6.07) is 7.80. The lowest BCUT2D eigenvalue weighted by Gasteiger charge is -2.33. The number of sulfonamides is 1. The van der Waals surface area contributed by atoms with Gasteiger partial charge in [-0.2, -0.15) is 4.72 Å². The molecule has 0 saturated carbocycles. The number of amides is 1. The van der Waals surface area contributed by atoms with Gasteiger partial charge in [0.2, 0.25) is 15.9 Å². The van der Waals surface area contributed by atoms with Gasteiger partial charge in [0.25, 0.3) is 0 Å². The summed E-state index contributed by atoms with van der Waals surface area (Å²) >= 11 is 0. The highest BCUT2D eigenvalue weighted by atomic mass is 32.2. The fourth-order valence-corrected chi connectivity index (χ4v) is 5.57. The van der Waals surface area contributed by atoms with Crippen LogP contribution in [0.15, 0.2) is 33.7 Å². The predicted molar refractivity (Wildman–Crippen MR) is 115 cm³/mol. The van der Waals surface area contributed by atoms with Crippen LogP contribution in [0.25, 0.3) is 0 Å². The molecule has 1 aromatic carbocycles. The lowest BCUT2D eigenvalue weighted by Crippen LogP contribution is -2.49. The van der Waals surface area contributed by atoms with Crippen LogP contribution in [0.4, 0.5) is 0 Å². The lowest BCUT2D eigenvalue weighted by molar-refractivity contribution is -0.134. The number of aryl methyl sites for hydroxylation is 4. The van der Waals surface area contributed by atoms with Gasteiger partial charge in [0.05, 0.1) is 6.04 Å². The molecule has 0 radical (unpaired) electrons. The van der Waals surface area contributed by atoms with Crippen LogP contribution in [0, 0.1) is 26.7 Å². The Bertz CT molecular complexity index is 955. The Labute approximate surface area is 178 Å². The van der Waals surface area contributed by atoms with Crippen molar-refractivity contribution < 1.29 is 17.7 Å². The summed E-state index contributed by atoms with van der Waals surface area (Å²) in [6.45, 7) is 8.11. The van der Waals surface area contributed by atoms with Gasteiger partial charge in [-0.25, -0.2) is 8.42 Å². The number of likely N-dealkylation sites (tertiary alicyclic amines) is 1. The Morgan fingerprint density at radius 2 is 1.83 bits per heavy atom. The second kappa shape index (κ2) is 9.31. The zero-order valence-corrected chi connectivity index (χ0v) is 19.0. The van der Waals surface area contributed by atoms with E-state index in [0.29, 0.717) is 19.0 Å². The first kappa shape index (κ1) is 22.5. The van der Waals surface area contributed by atoms with Crippen LogP contribution in [-0.2, 0) is 21.2 Å². The van der Waals surface area contributed by atoms with E-state index in [2.05, 4.69) is 41.1 Å². The molecule has 1 fully saturated rings. The number of aromatic nitrogens is 1. The molecular weight excluding hydrogens is 402 g/mol. The number of hydrogen-bond acceptors (Lipinski definition) is 5. The summed E-state index contributed by atoms with van der Waals surface area (Å²) in [4.78, 5) is 14.6.